The van der Waals surface area contributed by atoms with Crippen molar-refractivity contribution in [1.29, 1.82) is 0 Å². The Hall–Kier alpha value is -4.04. The highest BCUT2D eigenvalue weighted by Crippen LogP contribution is 2.55. The topological polar surface area (TPSA) is 80.1 Å². The first-order valence-electron chi connectivity index (χ1n) is 13.0. The summed E-state index contributed by atoms with van der Waals surface area (Å²) in [5, 5.41) is 3.11. The number of rotatable bonds is 5. The van der Waals surface area contributed by atoms with E-state index in [0.29, 0.717) is 10.8 Å². The first kappa shape index (κ1) is 23.1. The van der Waals surface area contributed by atoms with Gasteiger partial charge in [0.2, 0.25) is 11.9 Å². The number of nitrogens with zero attached hydrogens (tertiary/aromatic N) is 4. The maximum atomic E-state index is 13.4. The Morgan fingerprint density at radius 1 is 1.16 bits per heavy atom. The molecule has 0 atom stereocenters. The van der Waals surface area contributed by atoms with E-state index in [1.54, 1.807) is 0 Å². The highest BCUT2D eigenvalue weighted by molar-refractivity contribution is 7.17. The van der Waals surface area contributed by atoms with Crippen molar-refractivity contribution in [3.8, 4) is 10.4 Å². The molecule has 8 heteroatoms. The standard InChI is InChI=1S/C30H27N5O2S/c1-2-27(36)34-13-12-30(18-34)14-20(15-30)35-24-9-4-3-8-23(24)32-29(35)33-28(37)26-11-10-25(38-26)22-17-31-16-19-6-5-7-21(19)22/h2-5,7-11,16-17,20H,1,6,12-15,18H2,(H,32,33,37). The Labute approximate surface area is 224 Å². The van der Waals surface area contributed by atoms with Gasteiger partial charge in [0.05, 0.1) is 15.9 Å². The summed E-state index contributed by atoms with van der Waals surface area (Å²) < 4.78 is 2.18. The molecule has 1 saturated heterocycles. The van der Waals surface area contributed by atoms with Crippen molar-refractivity contribution in [2.75, 3.05) is 18.4 Å². The van der Waals surface area contributed by atoms with Gasteiger partial charge in [-0.05, 0) is 72.6 Å². The van der Waals surface area contributed by atoms with Crippen molar-refractivity contribution in [2.45, 2.75) is 31.7 Å². The number of carbonyl (C=O) groups is 2. The Balaban J connectivity index is 1.14. The zero-order valence-electron chi connectivity index (χ0n) is 20.9. The molecule has 1 aliphatic heterocycles. The molecule has 7 rings (SSSR count). The fraction of sp³-hybridized carbons (Fsp3) is 0.267. The molecule has 2 fully saturated rings. The second kappa shape index (κ2) is 8.77. The van der Waals surface area contributed by atoms with E-state index in [-0.39, 0.29) is 23.3 Å². The molecule has 2 aliphatic carbocycles. The molecule has 4 aromatic rings. The molecule has 1 aromatic carbocycles. The highest BCUT2D eigenvalue weighted by Gasteiger charge is 2.50. The number of benzene rings is 1. The number of hydrogen-bond donors (Lipinski definition) is 1. The first-order valence-corrected chi connectivity index (χ1v) is 13.8. The van der Waals surface area contributed by atoms with E-state index >= 15 is 0 Å². The van der Waals surface area contributed by atoms with Gasteiger partial charge in [0.1, 0.15) is 0 Å². The van der Waals surface area contributed by atoms with E-state index in [9.17, 15) is 9.59 Å². The predicted octanol–water partition coefficient (Wildman–Crippen LogP) is 5.72. The van der Waals surface area contributed by atoms with E-state index in [2.05, 4.69) is 39.7 Å². The van der Waals surface area contributed by atoms with Crippen LogP contribution in [0.25, 0.3) is 27.6 Å². The van der Waals surface area contributed by atoms with Crippen LogP contribution in [-0.2, 0) is 11.2 Å². The lowest BCUT2D eigenvalue weighted by Gasteiger charge is -2.46. The average Bonchev–Trinajstić information content (AvgIpc) is 3.71. The number of allylic oxidation sites excluding steroid dienone is 1. The molecule has 3 aliphatic rings. The summed E-state index contributed by atoms with van der Waals surface area (Å²) in [5.74, 6) is 0.425. The molecular weight excluding hydrogens is 494 g/mol. The van der Waals surface area contributed by atoms with Gasteiger partial charge < -0.3 is 9.47 Å². The van der Waals surface area contributed by atoms with Gasteiger partial charge in [-0.3, -0.25) is 19.9 Å². The van der Waals surface area contributed by atoms with Crippen LogP contribution in [0.3, 0.4) is 0 Å². The molecular formula is C30H27N5O2S. The summed E-state index contributed by atoms with van der Waals surface area (Å²) in [6.07, 6.45) is 13.3. The van der Waals surface area contributed by atoms with E-state index < -0.39 is 0 Å². The van der Waals surface area contributed by atoms with Gasteiger partial charge in [-0.2, -0.15) is 0 Å². The lowest BCUT2D eigenvalue weighted by Crippen LogP contribution is -2.42. The number of imidazole rings is 1. The number of hydrogen-bond acceptors (Lipinski definition) is 5. The van der Waals surface area contributed by atoms with Crippen molar-refractivity contribution in [3.05, 3.63) is 83.5 Å². The quantitative estimate of drug-likeness (QED) is 0.341. The zero-order valence-corrected chi connectivity index (χ0v) is 21.7. The van der Waals surface area contributed by atoms with Crippen molar-refractivity contribution in [1.82, 2.24) is 19.4 Å². The van der Waals surface area contributed by atoms with Crippen LogP contribution in [0.15, 0.2) is 67.5 Å². The summed E-state index contributed by atoms with van der Waals surface area (Å²) in [4.78, 5) is 38.3. The van der Waals surface area contributed by atoms with E-state index in [4.69, 9.17) is 4.98 Å². The van der Waals surface area contributed by atoms with E-state index in [0.717, 1.165) is 60.2 Å². The molecule has 4 heterocycles. The Bertz CT molecular complexity index is 1640. The van der Waals surface area contributed by atoms with Crippen LogP contribution in [0.2, 0.25) is 0 Å². The molecule has 1 N–H and O–H groups in total. The first-order chi connectivity index (χ1) is 18.5. The monoisotopic (exact) mass is 521 g/mol. The van der Waals surface area contributed by atoms with Gasteiger partial charge in [-0.15, -0.1) is 11.3 Å². The number of aromatic nitrogens is 3. The van der Waals surface area contributed by atoms with Gasteiger partial charge in [-0.25, -0.2) is 4.98 Å². The maximum Gasteiger partial charge on any atom is 0.268 e. The van der Waals surface area contributed by atoms with Gasteiger partial charge in [0.25, 0.3) is 5.91 Å². The van der Waals surface area contributed by atoms with Crippen LogP contribution >= 0.6 is 11.3 Å². The largest absolute Gasteiger partial charge is 0.339 e. The van der Waals surface area contributed by atoms with Gasteiger partial charge >= 0.3 is 0 Å². The SMILES string of the molecule is C=CC(=O)N1CCC2(CC(n3c(NC(=O)c4ccc(-c5cncc6c5C=CC6)s4)nc4ccccc43)C2)C1. The van der Waals surface area contributed by atoms with Gasteiger partial charge in [-0.1, -0.05) is 30.9 Å². The third-order valence-corrected chi connectivity index (χ3v) is 9.35. The summed E-state index contributed by atoms with van der Waals surface area (Å²) in [6, 6.07) is 12.1. The Morgan fingerprint density at radius 2 is 2.03 bits per heavy atom. The Kier molecular flexibility index (Phi) is 5.33. The number of carbonyl (C=O) groups excluding carboxylic acids is 2. The summed E-state index contributed by atoms with van der Waals surface area (Å²) in [5.41, 5.74) is 5.49. The highest BCUT2D eigenvalue weighted by atomic mass is 32.1. The molecule has 0 bridgehead atoms. The minimum atomic E-state index is -0.161. The van der Waals surface area contributed by atoms with Crippen LogP contribution in [0.5, 0.6) is 0 Å². The number of fused-ring (bicyclic) bond motifs is 2. The normalized spacial score (nSPS) is 21.6. The number of nitrogens with one attached hydrogen (secondary N) is 1. The number of thiophene rings is 1. The number of pyridine rings is 1. The summed E-state index contributed by atoms with van der Waals surface area (Å²) in [7, 11) is 0. The third kappa shape index (κ3) is 3.70. The van der Waals surface area contributed by atoms with Crippen molar-refractivity contribution in [2.24, 2.45) is 5.41 Å². The smallest absolute Gasteiger partial charge is 0.268 e. The summed E-state index contributed by atoms with van der Waals surface area (Å²) >= 11 is 1.47. The van der Waals surface area contributed by atoms with Crippen LogP contribution in [0.4, 0.5) is 5.95 Å². The number of para-hydroxylation sites is 2. The molecule has 190 valence electrons. The molecule has 38 heavy (non-hydrogen) atoms. The molecule has 3 aromatic heterocycles. The predicted molar refractivity (Wildman–Crippen MR) is 150 cm³/mol. The molecule has 2 amide bonds. The van der Waals surface area contributed by atoms with Crippen LogP contribution < -0.4 is 5.32 Å². The fourth-order valence-electron chi connectivity index (χ4n) is 6.35. The van der Waals surface area contributed by atoms with Gasteiger partial charge in [0, 0.05) is 42.0 Å². The van der Waals surface area contributed by atoms with Crippen molar-refractivity contribution < 1.29 is 9.59 Å². The fourth-order valence-corrected chi connectivity index (χ4v) is 7.28. The number of amides is 2. The van der Waals surface area contributed by atoms with Crippen molar-refractivity contribution >= 4 is 46.2 Å². The summed E-state index contributed by atoms with van der Waals surface area (Å²) in [6.45, 7) is 5.19. The zero-order chi connectivity index (χ0) is 25.9. The van der Waals surface area contributed by atoms with Gasteiger partial charge in [0.15, 0.2) is 0 Å². The van der Waals surface area contributed by atoms with Crippen molar-refractivity contribution in [3.63, 3.8) is 0 Å². The second-order valence-electron chi connectivity index (χ2n) is 10.6. The lowest BCUT2D eigenvalue weighted by molar-refractivity contribution is -0.125. The maximum absolute atomic E-state index is 13.4. The molecule has 1 saturated carbocycles. The van der Waals surface area contributed by atoms with Crippen LogP contribution in [-0.4, -0.2) is 44.3 Å². The Morgan fingerprint density at radius 3 is 2.89 bits per heavy atom. The van der Waals surface area contributed by atoms with Crippen LogP contribution in [0.1, 0.15) is 46.1 Å². The lowest BCUT2D eigenvalue weighted by atomic mass is 9.65. The molecule has 1 spiro atoms. The second-order valence-corrected chi connectivity index (χ2v) is 11.6. The number of likely N-dealkylation sites (tertiary alicyclic amines) is 1. The third-order valence-electron chi connectivity index (χ3n) is 8.24. The minimum Gasteiger partial charge on any atom is -0.339 e. The van der Waals surface area contributed by atoms with Crippen LogP contribution in [0, 0.1) is 5.41 Å². The molecule has 0 unspecified atom stereocenters. The minimum absolute atomic E-state index is 0.00827. The number of anilines is 1. The average molecular weight is 522 g/mol. The molecule has 7 nitrogen and oxygen atoms in total. The van der Waals surface area contributed by atoms with E-state index in [1.807, 2.05) is 47.6 Å². The van der Waals surface area contributed by atoms with E-state index in [1.165, 1.54) is 28.5 Å². The molecule has 0 radical (unpaired) electrons.